The number of alkyl halides is 3. The van der Waals surface area contributed by atoms with Crippen molar-refractivity contribution < 1.29 is 30.7 Å². The second-order valence-electron chi connectivity index (χ2n) is 8.96. The van der Waals surface area contributed by atoms with Crippen LogP contribution >= 0.6 is 0 Å². The SMILES string of the molecule is COc1ccc(Cn2nc(C(F)(F)F)nc2-c2nc3c(F)c(C)ccn3c2-c2cn(S(=O)(=O)N(C)C)cn2)cc1. The molecule has 5 rings (SSSR count). The molecule has 0 unspecified atom stereocenters. The predicted molar refractivity (Wildman–Crippen MR) is 135 cm³/mol. The third-order valence-corrected chi connectivity index (χ3v) is 7.74. The van der Waals surface area contributed by atoms with Crippen LogP contribution in [0.4, 0.5) is 17.6 Å². The van der Waals surface area contributed by atoms with E-state index in [1.807, 2.05) is 0 Å². The topological polar surface area (TPSA) is 112 Å². The van der Waals surface area contributed by atoms with Crippen molar-refractivity contribution in [1.82, 2.24) is 37.4 Å². The summed E-state index contributed by atoms with van der Waals surface area (Å²) >= 11 is 0. The minimum absolute atomic E-state index is 0.00346. The Kier molecular flexibility index (Phi) is 6.62. The molecule has 16 heteroatoms. The van der Waals surface area contributed by atoms with E-state index in [-0.39, 0.29) is 40.7 Å². The van der Waals surface area contributed by atoms with Crippen LogP contribution in [0.2, 0.25) is 0 Å². The van der Waals surface area contributed by atoms with Gasteiger partial charge in [-0.1, -0.05) is 12.1 Å². The molecular formula is C24H22F4N8O3S. The van der Waals surface area contributed by atoms with Gasteiger partial charge >= 0.3 is 16.4 Å². The van der Waals surface area contributed by atoms with E-state index < -0.39 is 28.0 Å². The lowest BCUT2D eigenvalue weighted by atomic mass is 10.2. The largest absolute Gasteiger partial charge is 0.497 e. The van der Waals surface area contributed by atoms with E-state index in [2.05, 4.69) is 20.1 Å². The number of rotatable bonds is 7. The molecule has 0 aliphatic carbocycles. The van der Waals surface area contributed by atoms with Crippen LogP contribution in [0.25, 0.3) is 28.6 Å². The van der Waals surface area contributed by atoms with Crippen molar-refractivity contribution in [2.24, 2.45) is 0 Å². The van der Waals surface area contributed by atoms with Crippen LogP contribution < -0.4 is 4.74 Å². The summed E-state index contributed by atoms with van der Waals surface area (Å²) in [6.07, 6.45) is -1.23. The molecule has 0 aliphatic heterocycles. The zero-order valence-electron chi connectivity index (χ0n) is 21.5. The number of benzene rings is 1. The standard InChI is InChI=1S/C24H22F4N8O3S/c1-14-9-10-35-20(17-12-34(13-29-17)40(37,38)33(2)3)19(30-21(35)18(14)25)22-31-23(24(26,27)28)32-36(22)11-15-5-7-16(39-4)8-6-15/h5-10,12-13H,11H2,1-4H3. The fourth-order valence-electron chi connectivity index (χ4n) is 3.96. The highest BCUT2D eigenvalue weighted by Crippen LogP contribution is 2.35. The fourth-order valence-corrected chi connectivity index (χ4v) is 4.74. The van der Waals surface area contributed by atoms with Gasteiger partial charge in [0, 0.05) is 20.3 Å². The molecule has 0 radical (unpaired) electrons. The van der Waals surface area contributed by atoms with E-state index in [1.165, 1.54) is 44.8 Å². The molecule has 11 nitrogen and oxygen atoms in total. The van der Waals surface area contributed by atoms with Crippen molar-refractivity contribution >= 4 is 15.9 Å². The Morgan fingerprint density at radius 1 is 1.07 bits per heavy atom. The highest BCUT2D eigenvalue weighted by atomic mass is 32.2. The zero-order valence-corrected chi connectivity index (χ0v) is 22.4. The average Bonchev–Trinajstić information content (AvgIpc) is 3.63. The van der Waals surface area contributed by atoms with Gasteiger partial charge < -0.3 is 4.74 Å². The summed E-state index contributed by atoms with van der Waals surface area (Å²) in [5, 5.41) is 3.69. The molecule has 0 atom stereocenters. The molecule has 0 fully saturated rings. The Hall–Kier alpha value is -4.31. The first-order valence-corrected chi connectivity index (χ1v) is 13.0. The molecule has 0 aliphatic rings. The van der Waals surface area contributed by atoms with Gasteiger partial charge in [0.2, 0.25) is 0 Å². The molecule has 4 heterocycles. The number of hydrogen-bond acceptors (Lipinski definition) is 7. The van der Waals surface area contributed by atoms with E-state index in [1.54, 1.807) is 24.3 Å². The van der Waals surface area contributed by atoms with Crippen molar-refractivity contribution in [1.29, 1.82) is 0 Å². The van der Waals surface area contributed by atoms with Gasteiger partial charge in [-0.15, -0.1) is 5.10 Å². The van der Waals surface area contributed by atoms with Gasteiger partial charge in [0.05, 0.1) is 19.9 Å². The van der Waals surface area contributed by atoms with Gasteiger partial charge in [-0.3, -0.25) is 4.40 Å². The summed E-state index contributed by atoms with van der Waals surface area (Å²) in [5.74, 6) is -1.90. The van der Waals surface area contributed by atoms with Crippen LogP contribution in [0.3, 0.4) is 0 Å². The monoisotopic (exact) mass is 578 g/mol. The van der Waals surface area contributed by atoms with Crippen LogP contribution in [0.5, 0.6) is 5.75 Å². The summed E-state index contributed by atoms with van der Waals surface area (Å²) in [4.78, 5) is 12.2. The summed E-state index contributed by atoms with van der Waals surface area (Å²) in [6, 6.07) is 8.04. The van der Waals surface area contributed by atoms with Gasteiger partial charge in [0.1, 0.15) is 29.2 Å². The number of imidazole rings is 2. The minimum Gasteiger partial charge on any atom is -0.497 e. The quantitative estimate of drug-likeness (QED) is 0.271. The number of methoxy groups -OCH3 is 1. The average molecular weight is 579 g/mol. The molecule has 1 aromatic carbocycles. The van der Waals surface area contributed by atoms with Crippen molar-refractivity contribution in [3.63, 3.8) is 0 Å². The van der Waals surface area contributed by atoms with Crippen LogP contribution in [0.15, 0.2) is 49.1 Å². The number of halogens is 4. The maximum atomic E-state index is 15.2. The number of pyridine rings is 1. The Bertz CT molecular complexity index is 1820. The molecular weight excluding hydrogens is 556 g/mol. The third-order valence-electron chi connectivity index (χ3n) is 6.09. The molecule has 0 amide bonds. The van der Waals surface area contributed by atoms with Crippen LogP contribution in [-0.2, 0) is 22.9 Å². The minimum atomic E-state index is -4.89. The number of ether oxygens (including phenoxy) is 1. The number of fused-ring (bicyclic) bond motifs is 1. The predicted octanol–water partition coefficient (Wildman–Crippen LogP) is 3.63. The lowest BCUT2D eigenvalue weighted by Crippen LogP contribution is -2.27. The van der Waals surface area contributed by atoms with Gasteiger partial charge in [-0.05, 0) is 36.2 Å². The smallest absolute Gasteiger partial charge is 0.453 e. The van der Waals surface area contributed by atoms with E-state index in [0.717, 1.165) is 25.5 Å². The zero-order chi connectivity index (χ0) is 29.0. The van der Waals surface area contributed by atoms with Crippen LogP contribution in [0, 0.1) is 12.7 Å². The van der Waals surface area contributed by atoms with Crippen molar-refractivity contribution in [3.05, 3.63) is 71.8 Å². The first kappa shape index (κ1) is 27.3. The van der Waals surface area contributed by atoms with Crippen LogP contribution in [-0.4, -0.2) is 67.0 Å². The Balaban J connectivity index is 1.76. The number of aryl methyl sites for hydroxylation is 1. The summed E-state index contributed by atoms with van der Waals surface area (Å²) in [7, 11) is 0.165. The van der Waals surface area contributed by atoms with Gasteiger partial charge in [0.15, 0.2) is 17.3 Å². The van der Waals surface area contributed by atoms with Gasteiger partial charge in [0.25, 0.3) is 5.82 Å². The lowest BCUT2D eigenvalue weighted by molar-refractivity contribution is -0.144. The van der Waals surface area contributed by atoms with E-state index in [9.17, 15) is 21.6 Å². The Labute approximate surface area is 225 Å². The second-order valence-corrected chi connectivity index (χ2v) is 11.0. The van der Waals surface area contributed by atoms with E-state index in [4.69, 9.17) is 4.74 Å². The molecule has 0 spiro atoms. The lowest BCUT2D eigenvalue weighted by Gasteiger charge is -2.10. The molecule has 0 N–H and O–H groups in total. The van der Waals surface area contributed by atoms with Gasteiger partial charge in [-0.25, -0.2) is 28.0 Å². The number of nitrogens with zero attached hydrogens (tertiary/aromatic N) is 8. The number of aromatic nitrogens is 7. The molecule has 40 heavy (non-hydrogen) atoms. The highest BCUT2D eigenvalue weighted by molar-refractivity contribution is 7.87. The first-order valence-electron chi connectivity index (χ1n) is 11.6. The molecule has 0 bridgehead atoms. The van der Waals surface area contributed by atoms with Gasteiger partial charge in [-0.2, -0.15) is 25.9 Å². The third kappa shape index (κ3) is 4.68. The Morgan fingerprint density at radius 3 is 2.40 bits per heavy atom. The number of hydrogen-bond donors (Lipinski definition) is 0. The van der Waals surface area contributed by atoms with Crippen molar-refractivity contribution in [2.45, 2.75) is 19.6 Å². The highest BCUT2D eigenvalue weighted by Gasteiger charge is 2.38. The van der Waals surface area contributed by atoms with Crippen LogP contribution in [0.1, 0.15) is 17.0 Å². The summed E-state index contributed by atoms with van der Waals surface area (Å²) in [5.41, 5.74) is 0.472. The van der Waals surface area contributed by atoms with E-state index in [0.29, 0.717) is 11.3 Å². The first-order chi connectivity index (χ1) is 18.8. The summed E-state index contributed by atoms with van der Waals surface area (Å²) < 4.78 is 91.0. The normalized spacial score (nSPS) is 12.5. The Morgan fingerprint density at radius 2 is 1.77 bits per heavy atom. The van der Waals surface area contributed by atoms with Crippen molar-refractivity contribution in [3.8, 4) is 28.7 Å². The fraction of sp³-hybridized carbons (Fsp3) is 0.250. The second kappa shape index (κ2) is 9.71. The van der Waals surface area contributed by atoms with E-state index >= 15 is 4.39 Å². The summed E-state index contributed by atoms with van der Waals surface area (Å²) in [6.45, 7) is 1.37. The maximum absolute atomic E-state index is 15.2. The molecule has 4 aromatic heterocycles. The van der Waals surface area contributed by atoms with Crippen molar-refractivity contribution in [2.75, 3.05) is 21.2 Å². The maximum Gasteiger partial charge on any atom is 0.453 e. The molecule has 210 valence electrons. The molecule has 0 saturated heterocycles. The molecule has 5 aromatic rings. The molecule has 0 saturated carbocycles.